The van der Waals surface area contributed by atoms with E-state index >= 15 is 0 Å². The molecule has 0 unspecified atom stereocenters. The average molecular weight is 311 g/mol. The Balaban J connectivity index is 2.11. The van der Waals surface area contributed by atoms with Crippen LogP contribution in [0.4, 0.5) is 0 Å². The van der Waals surface area contributed by atoms with Crippen molar-refractivity contribution in [2.24, 2.45) is 0 Å². The van der Waals surface area contributed by atoms with E-state index in [9.17, 15) is 8.42 Å². The summed E-state index contributed by atoms with van der Waals surface area (Å²) in [4.78, 5) is 2.22. The first-order valence-corrected chi connectivity index (χ1v) is 9.43. The third-order valence-corrected chi connectivity index (χ3v) is 5.02. The highest BCUT2D eigenvalue weighted by Gasteiger charge is 2.28. The van der Waals surface area contributed by atoms with Crippen LogP contribution in [0.5, 0.6) is 0 Å². The van der Waals surface area contributed by atoms with Crippen LogP contribution in [0.1, 0.15) is 29.7 Å². The van der Waals surface area contributed by atoms with Gasteiger partial charge in [0.1, 0.15) is 9.84 Å². The van der Waals surface area contributed by atoms with Gasteiger partial charge in [0, 0.05) is 25.4 Å². The van der Waals surface area contributed by atoms with Gasteiger partial charge in [-0.05, 0) is 31.9 Å². The standard InChI is InChI=1S/C16H25NO3S/c1-12-5-6-13(2)15(9-12)16-10-17(14(3)11-20-16)7-8-21(4,18)19/h5-6,9,14,16H,7-8,10-11H2,1-4H3/t14-,16-/m1/s1. The van der Waals surface area contributed by atoms with E-state index in [1.807, 2.05) is 0 Å². The van der Waals surface area contributed by atoms with Crippen LogP contribution in [0.3, 0.4) is 0 Å². The van der Waals surface area contributed by atoms with Crippen molar-refractivity contribution in [1.82, 2.24) is 4.90 Å². The molecule has 0 saturated carbocycles. The molecular weight excluding hydrogens is 286 g/mol. The van der Waals surface area contributed by atoms with Crippen molar-refractivity contribution < 1.29 is 13.2 Å². The maximum atomic E-state index is 11.4. The van der Waals surface area contributed by atoms with Crippen LogP contribution in [-0.2, 0) is 14.6 Å². The predicted molar refractivity (Wildman–Crippen MR) is 85.4 cm³/mol. The topological polar surface area (TPSA) is 46.6 Å². The largest absolute Gasteiger partial charge is 0.371 e. The summed E-state index contributed by atoms with van der Waals surface area (Å²) in [5.41, 5.74) is 3.66. The number of hydrogen-bond acceptors (Lipinski definition) is 4. The molecule has 1 heterocycles. The van der Waals surface area contributed by atoms with Crippen molar-refractivity contribution in [2.45, 2.75) is 32.9 Å². The molecular formula is C16H25NO3S. The average Bonchev–Trinajstić information content (AvgIpc) is 2.40. The molecule has 0 spiro atoms. The molecule has 5 heteroatoms. The fourth-order valence-corrected chi connectivity index (χ4v) is 3.26. The van der Waals surface area contributed by atoms with Crippen molar-refractivity contribution in [1.29, 1.82) is 0 Å². The van der Waals surface area contributed by atoms with Crippen LogP contribution in [-0.4, -0.2) is 51.1 Å². The van der Waals surface area contributed by atoms with E-state index in [-0.39, 0.29) is 17.9 Å². The second-order valence-electron chi connectivity index (χ2n) is 6.16. The number of ether oxygens (including phenoxy) is 1. The van der Waals surface area contributed by atoms with E-state index in [4.69, 9.17) is 4.74 Å². The van der Waals surface area contributed by atoms with Crippen molar-refractivity contribution >= 4 is 9.84 Å². The summed E-state index contributed by atoms with van der Waals surface area (Å²) in [6.07, 6.45) is 1.32. The van der Waals surface area contributed by atoms with Crippen molar-refractivity contribution in [3.05, 3.63) is 34.9 Å². The molecule has 0 amide bonds. The maximum absolute atomic E-state index is 11.4. The van der Waals surface area contributed by atoms with Crippen LogP contribution in [0.15, 0.2) is 18.2 Å². The molecule has 1 aromatic rings. The van der Waals surface area contributed by atoms with Crippen LogP contribution < -0.4 is 0 Å². The summed E-state index contributed by atoms with van der Waals surface area (Å²) in [6, 6.07) is 6.65. The Hall–Kier alpha value is -0.910. The van der Waals surface area contributed by atoms with Crippen LogP contribution in [0, 0.1) is 13.8 Å². The van der Waals surface area contributed by atoms with Gasteiger partial charge in [-0.3, -0.25) is 4.90 Å². The zero-order chi connectivity index (χ0) is 15.6. The monoisotopic (exact) mass is 311 g/mol. The van der Waals surface area contributed by atoms with E-state index in [1.54, 1.807) is 0 Å². The Morgan fingerprint density at radius 1 is 1.33 bits per heavy atom. The molecule has 0 aromatic heterocycles. The Morgan fingerprint density at radius 2 is 2.05 bits per heavy atom. The fraction of sp³-hybridized carbons (Fsp3) is 0.625. The van der Waals surface area contributed by atoms with Gasteiger partial charge in [-0.25, -0.2) is 8.42 Å². The Bertz CT molecular complexity index is 598. The van der Waals surface area contributed by atoms with Gasteiger partial charge in [-0.2, -0.15) is 0 Å². The van der Waals surface area contributed by atoms with Gasteiger partial charge in [0.05, 0.1) is 18.5 Å². The van der Waals surface area contributed by atoms with Crippen molar-refractivity contribution in [2.75, 3.05) is 31.7 Å². The molecule has 0 bridgehead atoms. The highest BCUT2D eigenvalue weighted by molar-refractivity contribution is 7.90. The van der Waals surface area contributed by atoms with Crippen LogP contribution in [0.25, 0.3) is 0 Å². The highest BCUT2D eigenvalue weighted by atomic mass is 32.2. The van der Waals surface area contributed by atoms with E-state index < -0.39 is 9.84 Å². The highest BCUT2D eigenvalue weighted by Crippen LogP contribution is 2.27. The smallest absolute Gasteiger partial charge is 0.148 e. The van der Waals surface area contributed by atoms with Crippen LogP contribution in [0.2, 0.25) is 0 Å². The number of hydrogen-bond donors (Lipinski definition) is 0. The lowest BCUT2D eigenvalue weighted by atomic mass is 9.99. The summed E-state index contributed by atoms with van der Waals surface area (Å²) < 4.78 is 28.7. The quantitative estimate of drug-likeness (QED) is 0.854. The third-order valence-electron chi connectivity index (χ3n) is 4.09. The zero-order valence-corrected chi connectivity index (χ0v) is 14.1. The van der Waals surface area contributed by atoms with Gasteiger partial charge in [0.15, 0.2) is 0 Å². The molecule has 2 atom stereocenters. The molecule has 1 aromatic carbocycles. The number of sulfone groups is 1. The van der Waals surface area contributed by atoms with Crippen LogP contribution >= 0.6 is 0 Å². The number of rotatable bonds is 4. The number of nitrogens with zero attached hydrogens (tertiary/aromatic N) is 1. The minimum Gasteiger partial charge on any atom is -0.371 e. The molecule has 2 rings (SSSR count). The lowest BCUT2D eigenvalue weighted by Gasteiger charge is -2.38. The Morgan fingerprint density at radius 3 is 2.71 bits per heavy atom. The maximum Gasteiger partial charge on any atom is 0.148 e. The van der Waals surface area contributed by atoms with Gasteiger partial charge in [-0.1, -0.05) is 23.8 Å². The molecule has 0 N–H and O–H groups in total. The third kappa shape index (κ3) is 4.53. The SMILES string of the molecule is Cc1ccc(C)c([C@H]2CN(CCS(C)(=O)=O)[C@H](C)CO2)c1. The first-order chi connectivity index (χ1) is 9.76. The second-order valence-corrected chi connectivity index (χ2v) is 8.42. The lowest BCUT2D eigenvalue weighted by Crippen LogP contribution is -2.46. The first-order valence-electron chi connectivity index (χ1n) is 7.37. The van der Waals surface area contributed by atoms with Crippen molar-refractivity contribution in [3.63, 3.8) is 0 Å². The van der Waals surface area contributed by atoms with Gasteiger partial charge in [0.25, 0.3) is 0 Å². The molecule has 1 aliphatic rings. The zero-order valence-electron chi connectivity index (χ0n) is 13.3. The molecule has 1 aliphatic heterocycles. The van der Waals surface area contributed by atoms with Gasteiger partial charge < -0.3 is 4.74 Å². The number of aryl methyl sites for hydroxylation is 2. The molecule has 0 aliphatic carbocycles. The fourth-order valence-electron chi connectivity index (χ4n) is 2.70. The van der Waals surface area contributed by atoms with Gasteiger partial charge in [-0.15, -0.1) is 0 Å². The lowest BCUT2D eigenvalue weighted by molar-refractivity contribution is -0.0580. The molecule has 21 heavy (non-hydrogen) atoms. The summed E-state index contributed by atoms with van der Waals surface area (Å²) in [7, 11) is -2.93. The Kier molecular flexibility index (Phi) is 5.07. The van der Waals surface area contributed by atoms with E-state index in [1.165, 1.54) is 22.9 Å². The molecule has 118 valence electrons. The van der Waals surface area contributed by atoms with E-state index in [0.717, 1.165) is 6.54 Å². The molecule has 1 saturated heterocycles. The minimum absolute atomic E-state index is 0.0284. The summed E-state index contributed by atoms with van der Waals surface area (Å²) in [6.45, 7) is 8.22. The predicted octanol–water partition coefficient (Wildman–Crippen LogP) is 2.11. The molecule has 1 fully saturated rings. The van der Waals surface area contributed by atoms with Gasteiger partial charge >= 0.3 is 0 Å². The molecule has 4 nitrogen and oxygen atoms in total. The number of morpholine rings is 1. The summed E-state index contributed by atoms with van der Waals surface area (Å²) in [5.74, 6) is 0.205. The van der Waals surface area contributed by atoms with E-state index in [2.05, 4.69) is 43.9 Å². The summed E-state index contributed by atoms with van der Waals surface area (Å²) in [5, 5.41) is 0. The Labute approximate surface area is 128 Å². The van der Waals surface area contributed by atoms with Crippen molar-refractivity contribution in [3.8, 4) is 0 Å². The second kappa shape index (κ2) is 6.46. The molecule has 0 radical (unpaired) electrons. The number of benzene rings is 1. The minimum atomic E-state index is -2.93. The summed E-state index contributed by atoms with van der Waals surface area (Å²) >= 11 is 0. The van der Waals surface area contributed by atoms with E-state index in [0.29, 0.717) is 13.2 Å². The normalized spacial score (nSPS) is 24.2. The van der Waals surface area contributed by atoms with Gasteiger partial charge in [0.2, 0.25) is 0 Å². The first kappa shape index (κ1) is 16.5.